The van der Waals surface area contributed by atoms with Gasteiger partial charge in [0.05, 0.1) is 16.8 Å². The monoisotopic (exact) mass is 588 g/mol. The van der Waals surface area contributed by atoms with Gasteiger partial charge in [-0.05, 0) is 60.0 Å². The Hall–Kier alpha value is -4.15. The van der Waals surface area contributed by atoms with Crippen LogP contribution in [-0.4, -0.2) is 36.1 Å². The van der Waals surface area contributed by atoms with Crippen molar-refractivity contribution in [2.45, 2.75) is 32.1 Å². The average molecular weight is 589 g/mol. The fraction of sp³-hybridized carbons (Fsp3) is 0.290. The first kappa shape index (κ1) is 29.3. The second-order valence-corrected chi connectivity index (χ2v) is 10.1. The Balaban J connectivity index is 1.60. The van der Waals surface area contributed by atoms with Crippen LogP contribution in [-0.2, 0) is 18.8 Å². The molecule has 11 heteroatoms. The van der Waals surface area contributed by atoms with Crippen molar-refractivity contribution in [2.75, 3.05) is 36.0 Å². The lowest BCUT2D eigenvalue weighted by Crippen LogP contribution is -2.47. The number of piperazine rings is 1. The summed E-state index contributed by atoms with van der Waals surface area (Å²) in [5.74, 6) is -1.80. The third-order valence-corrected chi connectivity index (χ3v) is 7.13. The fourth-order valence-electron chi connectivity index (χ4n) is 5.11. The smallest absolute Gasteiger partial charge is 0.368 e. The summed E-state index contributed by atoms with van der Waals surface area (Å²) in [6.07, 6.45) is -7.73. The number of aromatic nitrogens is 2. The largest absolute Gasteiger partial charge is 0.451 e. The molecule has 0 bridgehead atoms. The molecule has 0 atom stereocenters. The molecule has 0 unspecified atom stereocenters. The van der Waals surface area contributed by atoms with Gasteiger partial charge in [0, 0.05) is 37.4 Å². The van der Waals surface area contributed by atoms with Crippen molar-refractivity contribution in [3.05, 3.63) is 95.6 Å². The lowest BCUT2D eigenvalue weighted by atomic mass is 9.96. The van der Waals surface area contributed by atoms with E-state index in [1.807, 2.05) is 25.1 Å². The Labute approximate surface area is 238 Å². The van der Waals surface area contributed by atoms with Crippen LogP contribution in [0.5, 0.6) is 0 Å². The number of aryl methyl sites for hydroxylation is 1. The van der Waals surface area contributed by atoms with Gasteiger partial charge in [-0.3, -0.25) is 0 Å². The number of nitrogens with zero attached hydrogens (tertiary/aromatic N) is 4. The van der Waals surface area contributed by atoms with E-state index in [-0.39, 0.29) is 37.7 Å². The Kier molecular flexibility index (Phi) is 8.12. The number of rotatable bonds is 6. The summed E-state index contributed by atoms with van der Waals surface area (Å²) in [7, 11) is 0. The van der Waals surface area contributed by atoms with Gasteiger partial charge in [-0.15, -0.1) is 0 Å². The van der Waals surface area contributed by atoms with Crippen molar-refractivity contribution in [1.82, 2.24) is 9.97 Å². The van der Waals surface area contributed by atoms with Crippen LogP contribution < -0.4 is 9.80 Å². The first-order valence-electron chi connectivity index (χ1n) is 13.5. The lowest BCUT2D eigenvalue weighted by molar-refractivity contribution is -0.144. The van der Waals surface area contributed by atoms with Crippen LogP contribution in [0.15, 0.2) is 72.8 Å². The molecule has 0 saturated carbocycles. The highest BCUT2D eigenvalue weighted by atomic mass is 19.4. The highest BCUT2D eigenvalue weighted by Gasteiger charge is 2.38. The van der Waals surface area contributed by atoms with Gasteiger partial charge in [-0.25, -0.2) is 14.4 Å². The molecule has 4 nitrogen and oxygen atoms in total. The zero-order chi connectivity index (χ0) is 30.1. The zero-order valence-electron chi connectivity index (χ0n) is 22.6. The van der Waals surface area contributed by atoms with Crippen LogP contribution in [0, 0.1) is 5.82 Å². The summed E-state index contributed by atoms with van der Waals surface area (Å²) in [4.78, 5) is 11.4. The van der Waals surface area contributed by atoms with Gasteiger partial charge in [-0.2, -0.15) is 26.3 Å². The highest BCUT2D eigenvalue weighted by molar-refractivity contribution is 5.89. The van der Waals surface area contributed by atoms with Crippen molar-refractivity contribution in [1.29, 1.82) is 0 Å². The predicted octanol–water partition coefficient (Wildman–Crippen LogP) is 8.27. The van der Waals surface area contributed by atoms with Gasteiger partial charge in [0.15, 0.2) is 0 Å². The molecule has 3 aromatic carbocycles. The number of hydrogen-bond donors (Lipinski definition) is 0. The van der Waals surface area contributed by atoms with Crippen molar-refractivity contribution in [3.63, 3.8) is 0 Å². The number of halogens is 7. The lowest BCUT2D eigenvalue weighted by Gasteiger charge is -2.38. The van der Waals surface area contributed by atoms with Gasteiger partial charge >= 0.3 is 12.4 Å². The van der Waals surface area contributed by atoms with E-state index in [1.165, 1.54) is 18.2 Å². The minimum Gasteiger partial charge on any atom is -0.368 e. The van der Waals surface area contributed by atoms with E-state index in [1.54, 1.807) is 21.9 Å². The molecule has 0 aliphatic carbocycles. The second kappa shape index (κ2) is 11.6. The summed E-state index contributed by atoms with van der Waals surface area (Å²) in [6, 6.07) is 17.5. The molecule has 1 aliphatic rings. The fourth-order valence-corrected chi connectivity index (χ4v) is 5.11. The number of benzene rings is 3. The van der Waals surface area contributed by atoms with Crippen LogP contribution in [0.4, 0.5) is 42.2 Å². The minimum atomic E-state index is -4.86. The number of hydrogen-bond acceptors (Lipinski definition) is 4. The predicted molar refractivity (Wildman–Crippen MR) is 148 cm³/mol. The van der Waals surface area contributed by atoms with Crippen molar-refractivity contribution < 1.29 is 30.7 Å². The zero-order valence-corrected chi connectivity index (χ0v) is 22.6. The molecule has 0 N–H and O–H groups in total. The molecule has 1 saturated heterocycles. The molecule has 0 radical (unpaired) electrons. The van der Waals surface area contributed by atoms with Gasteiger partial charge in [-0.1, -0.05) is 43.7 Å². The standard InChI is InChI=1S/C31H27F7N4/c1-2-5-20-6-3-7-22(18-20)26-27(21-10-12-24(32)13-11-21)39-29(31(36,37)38)40-28(26)42-16-14-41(15-17-42)25-9-4-8-23(19-25)30(33,34)35/h3-4,6-13,18-19H,2,5,14-17H2,1H3. The van der Waals surface area contributed by atoms with Crippen molar-refractivity contribution in [2.24, 2.45) is 0 Å². The molecular weight excluding hydrogens is 561 g/mol. The summed E-state index contributed by atoms with van der Waals surface area (Å²) < 4.78 is 95.9. The van der Waals surface area contributed by atoms with Gasteiger partial charge in [0.2, 0.25) is 5.82 Å². The maximum absolute atomic E-state index is 14.1. The molecule has 220 valence electrons. The quantitative estimate of drug-likeness (QED) is 0.212. The minimum absolute atomic E-state index is 0.0151. The van der Waals surface area contributed by atoms with Crippen LogP contribution in [0.1, 0.15) is 30.3 Å². The summed E-state index contributed by atoms with van der Waals surface area (Å²) in [6.45, 7) is 2.94. The maximum Gasteiger partial charge on any atom is 0.451 e. The van der Waals surface area contributed by atoms with E-state index in [9.17, 15) is 30.7 Å². The van der Waals surface area contributed by atoms with E-state index in [4.69, 9.17) is 0 Å². The molecule has 42 heavy (non-hydrogen) atoms. The molecule has 5 rings (SSSR count). The average Bonchev–Trinajstić information content (AvgIpc) is 2.96. The maximum atomic E-state index is 14.1. The van der Waals surface area contributed by atoms with Crippen LogP contribution in [0.3, 0.4) is 0 Å². The van der Waals surface area contributed by atoms with Gasteiger partial charge < -0.3 is 9.80 Å². The van der Waals surface area contributed by atoms with Crippen LogP contribution in [0.2, 0.25) is 0 Å². The Morgan fingerprint density at radius 2 is 1.38 bits per heavy atom. The third kappa shape index (κ3) is 6.34. The highest BCUT2D eigenvalue weighted by Crippen LogP contribution is 2.41. The molecule has 1 fully saturated rings. The first-order chi connectivity index (χ1) is 19.9. The van der Waals surface area contributed by atoms with Gasteiger partial charge in [0.25, 0.3) is 0 Å². The second-order valence-electron chi connectivity index (χ2n) is 10.1. The summed E-state index contributed by atoms with van der Waals surface area (Å²) >= 11 is 0. The summed E-state index contributed by atoms with van der Waals surface area (Å²) in [5, 5.41) is 0. The molecule has 2 heterocycles. The Morgan fingerprint density at radius 1 is 0.714 bits per heavy atom. The SMILES string of the molecule is CCCc1cccc(-c2c(-c3ccc(F)cc3)nc(C(F)(F)F)nc2N2CCN(c3cccc(C(F)(F)F)c3)CC2)c1. The van der Waals surface area contributed by atoms with E-state index >= 15 is 0 Å². The molecule has 0 amide bonds. The van der Waals surface area contributed by atoms with Crippen molar-refractivity contribution in [3.8, 4) is 22.4 Å². The third-order valence-electron chi connectivity index (χ3n) is 7.13. The van der Waals surface area contributed by atoms with Gasteiger partial charge in [0.1, 0.15) is 11.6 Å². The Morgan fingerprint density at radius 3 is 2.02 bits per heavy atom. The Bertz CT molecular complexity index is 1540. The van der Waals surface area contributed by atoms with Crippen LogP contribution in [0.25, 0.3) is 22.4 Å². The molecule has 1 aliphatic heterocycles. The number of alkyl halides is 6. The van der Waals surface area contributed by atoms with Crippen molar-refractivity contribution >= 4 is 11.5 Å². The number of anilines is 2. The normalized spacial score (nSPS) is 14.4. The molecular formula is C31H27F7N4. The molecule has 0 spiro atoms. The topological polar surface area (TPSA) is 32.3 Å². The first-order valence-corrected chi connectivity index (χ1v) is 13.5. The summed E-state index contributed by atoms with van der Waals surface area (Å²) in [5.41, 5.74) is 1.89. The van der Waals surface area contributed by atoms with Crippen LogP contribution >= 0.6 is 0 Å². The van der Waals surface area contributed by atoms with E-state index in [0.717, 1.165) is 42.7 Å². The van der Waals surface area contributed by atoms with E-state index < -0.39 is 29.6 Å². The van der Waals surface area contributed by atoms with E-state index in [0.29, 0.717) is 22.4 Å². The molecule has 1 aromatic heterocycles. The molecule has 4 aromatic rings. The van der Waals surface area contributed by atoms with E-state index in [2.05, 4.69) is 9.97 Å².